The molecule has 204 valence electrons. The number of carbonyl (C=O) groups is 1. The van der Waals surface area contributed by atoms with Crippen molar-refractivity contribution >= 4 is 34.4 Å². The lowest BCUT2D eigenvalue weighted by atomic mass is 10.1. The molecule has 4 rings (SSSR count). The summed E-state index contributed by atoms with van der Waals surface area (Å²) in [5, 5.41) is 17.3. The molecular weight excluding hydrogens is 541 g/mol. The van der Waals surface area contributed by atoms with Gasteiger partial charge in [-0.1, -0.05) is 46.2 Å². The Kier molecular flexibility index (Phi) is 16.7. The molecule has 0 radical (unpaired) electrons. The van der Waals surface area contributed by atoms with E-state index in [1.807, 2.05) is 44.3 Å². The number of aromatic nitrogens is 2. The molecule has 2 aromatic rings. The monoisotopic (exact) mass is 579 g/mol. The Labute approximate surface area is 227 Å². The van der Waals surface area contributed by atoms with E-state index in [-0.39, 0.29) is 5.91 Å². The molecular formula is C26H39BrFN7O2. The third-order valence-electron chi connectivity index (χ3n) is 5.05. The first kappa shape index (κ1) is 32.1. The van der Waals surface area contributed by atoms with Crippen molar-refractivity contribution in [3.05, 3.63) is 65.0 Å². The van der Waals surface area contributed by atoms with E-state index >= 15 is 0 Å². The molecule has 1 aromatic carbocycles. The number of hydrogen-bond donors (Lipinski definition) is 3. The molecule has 0 saturated carbocycles. The number of aliphatic imine (C=N–C) groups is 1. The summed E-state index contributed by atoms with van der Waals surface area (Å²) in [6.07, 6.45) is 4.90. The molecule has 1 aliphatic carbocycles. The average molecular weight is 581 g/mol. The maximum atomic E-state index is 12.3. The van der Waals surface area contributed by atoms with Crippen LogP contribution in [0.25, 0.3) is 0 Å². The van der Waals surface area contributed by atoms with E-state index in [1.165, 1.54) is 5.56 Å². The summed E-state index contributed by atoms with van der Waals surface area (Å²) in [6.45, 7) is 12.0. The number of benzene rings is 1. The number of hydrogen-bond acceptors (Lipinski definition) is 8. The third kappa shape index (κ3) is 13.3. The standard InChI is InChI=1S/C15H19N5O2.C7H10FN.C2H5Br.C2H5N/c1-11-14(19-22-18-11)17-15(21)13-4-2-12(3-5-13)10-20-8-6-16-7-9-20;1-9-7-4-2-6(8)3-5-7;1-2-3;1-3-2/h2-5,16H,6-10H2,1H3,(H,17,19,21);2,4-6,9H,3H2,1H3;2H2,1H3;1H2,2H3. The lowest BCUT2D eigenvalue weighted by Gasteiger charge is -2.27. The minimum atomic E-state index is -0.776. The molecule has 0 bridgehead atoms. The SMILES string of the molecule is C=NC.CCBr.CNC1=CCC(F)C=C1.Cc1nonc1NC(=O)c1ccc(CN2CCNCC2)cc1. The zero-order valence-corrected chi connectivity index (χ0v) is 23.7. The Bertz CT molecular complexity index is 974. The lowest BCUT2D eigenvalue weighted by molar-refractivity contribution is 0.102. The molecule has 1 amide bonds. The van der Waals surface area contributed by atoms with E-state index in [9.17, 15) is 9.18 Å². The number of allylic oxidation sites excluding steroid dienone is 3. The minimum Gasteiger partial charge on any atom is -0.388 e. The van der Waals surface area contributed by atoms with Crippen LogP contribution in [0.2, 0.25) is 0 Å². The molecule has 1 unspecified atom stereocenters. The summed E-state index contributed by atoms with van der Waals surface area (Å²) in [4.78, 5) is 17.8. The van der Waals surface area contributed by atoms with E-state index < -0.39 is 6.17 Å². The number of likely N-dealkylation sites (N-methyl/N-ethyl adjacent to an activating group) is 1. The lowest BCUT2D eigenvalue weighted by Crippen LogP contribution is -2.42. The summed E-state index contributed by atoms with van der Waals surface area (Å²) in [5.74, 6) is 0.141. The third-order valence-corrected chi connectivity index (χ3v) is 5.05. The van der Waals surface area contributed by atoms with Gasteiger partial charge in [-0.25, -0.2) is 9.02 Å². The first-order valence-electron chi connectivity index (χ1n) is 12.1. The molecule has 2 aliphatic rings. The Morgan fingerprint density at radius 1 is 1.30 bits per heavy atom. The largest absolute Gasteiger partial charge is 0.388 e. The maximum Gasteiger partial charge on any atom is 0.256 e. The highest BCUT2D eigenvalue weighted by Crippen LogP contribution is 2.12. The minimum absolute atomic E-state index is 0.215. The maximum absolute atomic E-state index is 12.3. The number of halogens is 2. The van der Waals surface area contributed by atoms with Crippen LogP contribution in [0.1, 0.15) is 35.0 Å². The van der Waals surface area contributed by atoms with Gasteiger partial charge < -0.3 is 20.9 Å². The molecule has 1 atom stereocenters. The Morgan fingerprint density at radius 2 is 1.92 bits per heavy atom. The fraction of sp³-hybridized carbons (Fsp3) is 0.462. The van der Waals surface area contributed by atoms with Gasteiger partial charge in [0.15, 0.2) is 0 Å². The molecule has 1 saturated heterocycles. The quantitative estimate of drug-likeness (QED) is 0.361. The van der Waals surface area contributed by atoms with Gasteiger partial charge in [-0.05, 0) is 48.6 Å². The molecule has 3 N–H and O–H groups in total. The van der Waals surface area contributed by atoms with Crippen molar-refractivity contribution in [2.45, 2.75) is 33.0 Å². The Morgan fingerprint density at radius 3 is 2.41 bits per heavy atom. The molecule has 2 heterocycles. The number of anilines is 1. The number of alkyl halides is 2. The predicted octanol–water partition coefficient (Wildman–Crippen LogP) is 4.14. The van der Waals surface area contributed by atoms with Crippen molar-refractivity contribution in [2.75, 3.05) is 50.9 Å². The second-order valence-electron chi connectivity index (χ2n) is 7.98. The van der Waals surface area contributed by atoms with Crippen molar-refractivity contribution in [2.24, 2.45) is 4.99 Å². The molecule has 1 aliphatic heterocycles. The van der Waals surface area contributed by atoms with Gasteiger partial charge in [0, 0.05) is 69.8 Å². The highest BCUT2D eigenvalue weighted by Gasteiger charge is 2.13. The molecule has 1 aromatic heterocycles. The zero-order valence-electron chi connectivity index (χ0n) is 22.1. The Hall–Kier alpha value is -2.89. The Balaban J connectivity index is 0.000000377. The number of carbonyl (C=O) groups excluding carboxylic acids is 1. The summed E-state index contributed by atoms with van der Waals surface area (Å²) in [6, 6.07) is 7.64. The number of amides is 1. The van der Waals surface area contributed by atoms with Gasteiger partial charge in [0.1, 0.15) is 11.9 Å². The molecule has 1 fully saturated rings. The van der Waals surface area contributed by atoms with Crippen LogP contribution in [0.4, 0.5) is 10.2 Å². The summed E-state index contributed by atoms with van der Waals surface area (Å²) >= 11 is 3.15. The number of nitrogens with one attached hydrogen (secondary N) is 3. The summed E-state index contributed by atoms with van der Waals surface area (Å²) < 4.78 is 16.9. The van der Waals surface area contributed by atoms with Gasteiger partial charge in [-0.15, -0.1) is 0 Å². The van der Waals surface area contributed by atoms with Crippen LogP contribution in [0.15, 0.2) is 57.8 Å². The molecule has 9 nitrogen and oxygen atoms in total. The molecule has 37 heavy (non-hydrogen) atoms. The van der Waals surface area contributed by atoms with Gasteiger partial charge in [-0.3, -0.25) is 9.69 Å². The van der Waals surface area contributed by atoms with Crippen molar-refractivity contribution in [1.82, 2.24) is 25.8 Å². The summed E-state index contributed by atoms with van der Waals surface area (Å²) in [5.41, 5.74) is 3.36. The van der Waals surface area contributed by atoms with Crippen LogP contribution < -0.4 is 16.0 Å². The number of nitrogens with zero attached hydrogens (tertiary/aromatic N) is 4. The second-order valence-corrected chi connectivity index (χ2v) is 9.10. The van der Waals surface area contributed by atoms with Crippen molar-refractivity contribution < 1.29 is 13.8 Å². The second kappa shape index (κ2) is 19.3. The average Bonchev–Trinajstić information content (AvgIpc) is 3.31. The first-order chi connectivity index (χ1) is 17.9. The van der Waals surface area contributed by atoms with E-state index in [0.29, 0.717) is 23.5 Å². The van der Waals surface area contributed by atoms with Crippen molar-refractivity contribution in [3.8, 4) is 0 Å². The topological polar surface area (TPSA) is 108 Å². The van der Waals surface area contributed by atoms with Crippen LogP contribution in [0.3, 0.4) is 0 Å². The molecule has 0 spiro atoms. The smallest absolute Gasteiger partial charge is 0.256 e. The van der Waals surface area contributed by atoms with Gasteiger partial charge in [0.25, 0.3) is 5.91 Å². The van der Waals surface area contributed by atoms with Crippen LogP contribution >= 0.6 is 15.9 Å². The predicted molar refractivity (Wildman–Crippen MR) is 152 cm³/mol. The van der Waals surface area contributed by atoms with E-state index in [2.05, 4.69) is 63.4 Å². The van der Waals surface area contributed by atoms with Gasteiger partial charge in [-0.2, -0.15) is 0 Å². The van der Waals surface area contributed by atoms with Gasteiger partial charge in [0.2, 0.25) is 5.82 Å². The van der Waals surface area contributed by atoms with Crippen molar-refractivity contribution in [3.63, 3.8) is 0 Å². The molecule has 11 heteroatoms. The van der Waals surface area contributed by atoms with Crippen LogP contribution in [0.5, 0.6) is 0 Å². The van der Waals surface area contributed by atoms with Gasteiger partial charge >= 0.3 is 0 Å². The van der Waals surface area contributed by atoms with Crippen molar-refractivity contribution in [1.29, 1.82) is 0 Å². The first-order valence-corrected chi connectivity index (χ1v) is 13.2. The van der Waals surface area contributed by atoms with Gasteiger partial charge in [0.05, 0.1) is 0 Å². The highest BCUT2D eigenvalue weighted by atomic mass is 79.9. The fourth-order valence-corrected chi connectivity index (χ4v) is 3.19. The summed E-state index contributed by atoms with van der Waals surface area (Å²) in [7, 11) is 3.47. The van der Waals surface area contributed by atoms with Crippen LogP contribution in [-0.4, -0.2) is 79.6 Å². The number of aryl methyl sites for hydroxylation is 1. The van der Waals surface area contributed by atoms with E-state index in [4.69, 9.17) is 0 Å². The number of rotatable bonds is 5. The van der Waals surface area contributed by atoms with Crippen LogP contribution in [-0.2, 0) is 6.54 Å². The van der Waals surface area contributed by atoms with E-state index in [0.717, 1.165) is 43.8 Å². The van der Waals surface area contributed by atoms with Crippen LogP contribution in [0, 0.1) is 6.92 Å². The normalized spacial score (nSPS) is 16.4. The van der Waals surface area contributed by atoms with E-state index in [1.54, 1.807) is 26.1 Å². The number of piperazine rings is 1. The zero-order chi connectivity index (χ0) is 27.5. The highest BCUT2D eigenvalue weighted by molar-refractivity contribution is 9.09. The fourth-order valence-electron chi connectivity index (χ4n) is 3.19.